The molecular formula is C12H10F2N2O. The van der Waals surface area contributed by atoms with E-state index in [2.05, 4.69) is 5.92 Å². The lowest BCUT2D eigenvalue weighted by molar-refractivity contribution is -0.117. The second-order valence-electron chi connectivity index (χ2n) is 3.90. The maximum Gasteiger partial charge on any atom is 0.228 e. The first-order valence-corrected chi connectivity index (χ1v) is 5.04. The molecule has 1 aliphatic rings. The summed E-state index contributed by atoms with van der Waals surface area (Å²) in [7, 11) is 0. The molecule has 0 saturated carbocycles. The summed E-state index contributed by atoms with van der Waals surface area (Å²) >= 11 is 0. The zero-order valence-electron chi connectivity index (χ0n) is 8.91. The molecule has 5 heteroatoms. The second kappa shape index (κ2) is 4.06. The Bertz CT molecular complexity index is 499. The van der Waals surface area contributed by atoms with Crippen LogP contribution in [0.1, 0.15) is 6.42 Å². The van der Waals surface area contributed by atoms with E-state index >= 15 is 0 Å². The van der Waals surface area contributed by atoms with Crippen LogP contribution in [0.2, 0.25) is 0 Å². The minimum absolute atomic E-state index is 0.0887. The minimum atomic E-state index is -0.853. The molecule has 0 aliphatic carbocycles. The highest BCUT2D eigenvalue weighted by atomic mass is 19.1. The van der Waals surface area contributed by atoms with Crippen molar-refractivity contribution in [1.82, 2.24) is 0 Å². The molecule has 1 fully saturated rings. The summed E-state index contributed by atoms with van der Waals surface area (Å²) in [6, 6.07) is 1.68. The molecule has 2 rings (SSSR count). The number of hydrogen-bond donors (Lipinski definition) is 1. The van der Waals surface area contributed by atoms with E-state index in [1.807, 2.05) is 0 Å². The number of hydrogen-bond acceptors (Lipinski definition) is 2. The van der Waals surface area contributed by atoms with Gasteiger partial charge in [0.1, 0.15) is 11.5 Å². The summed E-state index contributed by atoms with van der Waals surface area (Å²) in [5.74, 6) is 0.258. The lowest BCUT2D eigenvalue weighted by Crippen LogP contribution is -2.26. The van der Waals surface area contributed by atoms with Crippen molar-refractivity contribution < 1.29 is 13.6 Å². The van der Waals surface area contributed by atoms with E-state index < -0.39 is 11.6 Å². The molecule has 1 atom stereocenters. The molecule has 1 heterocycles. The fraction of sp³-hybridized carbons (Fsp3) is 0.250. The van der Waals surface area contributed by atoms with Gasteiger partial charge in [0, 0.05) is 24.9 Å². The quantitative estimate of drug-likeness (QED) is 0.593. The van der Waals surface area contributed by atoms with Crippen LogP contribution in [0, 0.1) is 29.9 Å². The summed E-state index contributed by atoms with van der Waals surface area (Å²) in [6.45, 7) is 0.210. The number of halogens is 2. The molecule has 0 radical (unpaired) electrons. The molecule has 1 aliphatic heterocycles. The number of nitrogens with zero attached hydrogens (tertiary/aromatic N) is 1. The lowest BCUT2D eigenvalue weighted by Gasteiger charge is -2.18. The number of rotatable bonds is 1. The van der Waals surface area contributed by atoms with Gasteiger partial charge in [-0.05, 0) is 6.07 Å². The predicted octanol–water partition coefficient (Wildman–Crippen LogP) is 1.53. The molecule has 1 unspecified atom stereocenters. The van der Waals surface area contributed by atoms with E-state index in [0.29, 0.717) is 6.07 Å². The van der Waals surface area contributed by atoms with E-state index in [-0.39, 0.29) is 36.2 Å². The van der Waals surface area contributed by atoms with Gasteiger partial charge >= 0.3 is 0 Å². The highest BCUT2D eigenvalue weighted by Gasteiger charge is 2.32. The van der Waals surface area contributed by atoms with Crippen LogP contribution in [0.4, 0.5) is 20.2 Å². The van der Waals surface area contributed by atoms with E-state index in [1.165, 1.54) is 4.90 Å². The van der Waals surface area contributed by atoms with E-state index in [1.54, 1.807) is 0 Å². The van der Waals surface area contributed by atoms with Crippen molar-refractivity contribution in [2.75, 3.05) is 17.2 Å². The molecule has 1 saturated heterocycles. The van der Waals surface area contributed by atoms with Gasteiger partial charge in [-0.3, -0.25) is 4.79 Å². The van der Waals surface area contributed by atoms with Crippen molar-refractivity contribution >= 4 is 17.3 Å². The van der Waals surface area contributed by atoms with Crippen molar-refractivity contribution in [2.45, 2.75) is 6.42 Å². The molecule has 88 valence electrons. The van der Waals surface area contributed by atoms with Crippen LogP contribution < -0.4 is 10.6 Å². The third-order valence-corrected chi connectivity index (χ3v) is 2.69. The fourth-order valence-electron chi connectivity index (χ4n) is 1.91. The lowest BCUT2D eigenvalue weighted by atomic mass is 10.1. The van der Waals surface area contributed by atoms with Gasteiger partial charge in [-0.2, -0.15) is 0 Å². The van der Waals surface area contributed by atoms with E-state index in [4.69, 9.17) is 12.2 Å². The normalized spacial score (nSPS) is 19.5. The Morgan fingerprint density at radius 2 is 2.18 bits per heavy atom. The van der Waals surface area contributed by atoms with Crippen LogP contribution in [0.5, 0.6) is 0 Å². The van der Waals surface area contributed by atoms with Gasteiger partial charge < -0.3 is 10.6 Å². The number of amides is 1. The van der Waals surface area contributed by atoms with Crippen LogP contribution in [0.25, 0.3) is 0 Å². The van der Waals surface area contributed by atoms with Crippen molar-refractivity contribution in [2.24, 2.45) is 5.92 Å². The highest BCUT2D eigenvalue weighted by molar-refractivity contribution is 5.98. The maximum atomic E-state index is 13.6. The number of nitrogen functional groups attached to an aromatic ring is 1. The number of carbonyl (C=O) groups excluding carboxylic acids is 1. The first kappa shape index (κ1) is 11.4. The average Bonchev–Trinajstić information content (AvgIpc) is 2.59. The average molecular weight is 236 g/mol. The Morgan fingerprint density at radius 3 is 2.71 bits per heavy atom. The topological polar surface area (TPSA) is 46.3 Å². The molecular weight excluding hydrogens is 226 g/mol. The summed E-state index contributed by atoms with van der Waals surface area (Å²) in [5, 5.41) is 0. The molecule has 1 amide bonds. The number of benzene rings is 1. The first-order valence-electron chi connectivity index (χ1n) is 5.04. The van der Waals surface area contributed by atoms with Crippen molar-refractivity contribution in [3.05, 3.63) is 23.8 Å². The van der Waals surface area contributed by atoms with Crippen molar-refractivity contribution in [3.63, 3.8) is 0 Å². The Balaban J connectivity index is 2.42. The Kier molecular flexibility index (Phi) is 2.72. The van der Waals surface area contributed by atoms with Crippen LogP contribution in [0.15, 0.2) is 12.1 Å². The molecule has 0 aromatic heterocycles. The molecule has 1 aromatic rings. The van der Waals surface area contributed by atoms with Gasteiger partial charge in [0.05, 0.1) is 5.69 Å². The largest absolute Gasteiger partial charge is 0.397 e. The minimum Gasteiger partial charge on any atom is -0.397 e. The van der Waals surface area contributed by atoms with E-state index in [0.717, 1.165) is 6.07 Å². The highest BCUT2D eigenvalue weighted by Crippen LogP contribution is 2.32. The summed E-state index contributed by atoms with van der Waals surface area (Å²) in [5.41, 5.74) is 5.33. The zero-order valence-corrected chi connectivity index (χ0v) is 8.91. The Hall–Kier alpha value is -2.09. The first-order chi connectivity index (χ1) is 8.02. The number of anilines is 2. The van der Waals surface area contributed by atoms with Crippen molar-refractivity contribution in [1.29, 1.82) is 0 Å². The van der Waals surface area contributed by atoms with Crippen LogP contribution in [-0.4, -0.2) is 12.5 Å². The summed E-state index contributed by atoms with van der Waals surface area (Å²) < 4.78 is 26.5. The van der Waals surface area contributed by atoms with Gasteiger partial charge in [0.2, 0.25) is 5.91 Å². The maximum absolute atomic E-state index is 13.6. The number of carbonyl (C=O) groups is 1. The third kappa shape index (κ3) is 1.94. The third-order valence-electron chi connectivity index (χ3n) is 2.69. The molecule has 0 spiro atoms. The van der Waals surface area contributed by atoms with E-state index in [9.17, 15) is 13.6 Å². The number of terminal acetylenes is 1. The molecule has 3 nitrogen and oxygen atoms in total. The second-order valence-corrected chi connectivity index (χ2v) is 3.90. The summed E-state index contributed by atoms with van der Waals surface area (Å²) in [4.78, 5) is 12.8. The van der Waals surface area contributed by atoms with Crippen molar-refractivity contribution in [3.8, 4) is 12.3 Å². The SMILES string of the molecule is C#CC1CC(=O)N(c2c(N)cc(F)cc2F)C1. The van der Waals surface area contributed by atoms with Crippen LogP contribution in [-0.2, 0) is 4.79 Å². The van der Waals surface area contributed by atoms with Gasteiger partial charge in [0.25, 0.3) is 0 Å². The van der Waals surface area contributed by atoms with Gasteiger partial charge in [-0.1, -0.05) is 0 Å². The molecule has 0 bridgehead atoms. The Morgan fingerprint density at radius 1 is 1.47 bits per heavy atom. The molecule has 17 heavy (non-hydrogen) atoms. The van der Waals surface area contributed by atoms with Gasteiger partial charge in [0.15, 0.2) is 5.82 Å². The van der Waals surface area contributed by atoms with Gasteiger partial charge in [-0.25, -0.2) is 8.78 Å². The zero-order chi connectivity index (χ0) is 12.6. The number of nitrogens with two attached hydrogens (primary N) is 1. The fourth-order valence-corrected chi connectivity index (χ4v) is 1.91. The predicted molar refractivity (Wildman–Crippen MR) is 60.1 cm³/mol. The van der Waals surface area contributed by atoms with Gasteiger partial charge in [-0.15, -0.1) is 12.3 Å². The Labute approximate surface area is 97.2 Å². The monoisotopic (exact) mass is 236 g/mol. The smallest absolute Gasteiger partial charge is 0.228 e. The standard InChI is InChI=1S/C12H10F2N2O/c1-2-7-3-11(17)16(6-7)12-9(14)4-8(13)5-10(12)15/h1,4-5,7H,3,6,15H2. The molecule has 2 N–H and O–H groups in total. The molecule has 1 aromatic carbocycles. The van der Waals surface area contributed by atoms with Crippen LogP contribution >= 0.6 is 0 Å². The summed E-state index contributed by atoms with van der Waals surface area (Å²) in [6.07, 6.45) is 5.38. The van der Waals surface area contributed by atoms with Crippen LogP contribution in [0.3, 0.4) is 0 Å².